The topological polar surface area (TPSA) is 66.8 Å². The number of nitrogens with zero attached hydrogens (tertiary/aromatic N) is 1. The van der Waals surface area contributed by atoms with Crippen LogP contribution in [-0.4, -0.2) is 40.8 Å². The maximum atomic E-state index is 12.9. The van der Waals surface area contributed by atoms with Gasteiger partial charge in [0.2, 0.25) is 0 Å². The number of benzene rings is 1. The minimum atomic E-state index is -4.68. The summed E-state index contributed by atoms with van der Waals surface area (Å²) in [5, 5.41) is 8.86. The van der Waals surface area contributed by atoms with Crippen molar-refractivity contribution in [3.63, 3.8) is 0 Å². The highest BCUT2D eigenvalue weighted by Crippen LogP contribution is 2.35. The van der Waals surface area contributed by atoms with Crippen molar-refractivity contribution in [1.29, 1.82) is 0 Å². The molecule has 1 fully saturated rings. The Morgan fingerprint density at radius 3 is 2.45 bits per heavy atom. The summed E-state index contributed by atoms with van der Waals surface area (Å²) in [6.45, 7) is -0.675. The third kappa shape index (κ3) is 3.69. The number of ether oxygens (including phenoxy) is 1. The summed E-state index contributed by atoms with van der Waals surface area (Å²) in [6.07, 6.45) is -6.50. The van der Waals surface area contributed by atoms with E-state index in [-0.39, 0.29) is 6.61 Å². The largest absolute Gasteiger partial charge is 0.481 e. The van der Waals surface area contributed by atoms with Crippen molar-refractivity contribution < 1.29 is 32.6 Å². The van der Waals surface area contributed by atoms with Gasteiger partial charge in [0.25, 0.3) is 0 Å². The van der Waals surface area contributed by atoms with E-state index in [0.29, 0.717) is 10.5 Å². The molecule has 1 saturated heterocycles. The van der Waals surface area contributed by atoms with Gasteiger partial charge in [-0.05, 0) is 12.0 Å². The Labute approximate surface area is 124 Å². The van der Waals surface area contributed by atoms with Crippen molar-refractivity contribution in [3.8, 4) is 0 Å². The molecule has 22 heavy (non-hydrogen) atoms. The summed E-state index contributed by atoms with van der Waals surface area (Å²) in [5.41, 5.74) is 0.633. The number of carboxylic acid groups (broad SMARTS) is 1. The molecule has 1 amide bonds. The Hall–Kier alpha value is -2.25. The normalized spacial score (nSPS) is 21.7. The van der Waals surface area contributed by atoms with Crippen LogP contribution in [0.25, 0.3) is 0 Å². The predicted octanol–water partition coefficient (Wildman–Crippen LogP) is 2.66. The van der Waals surface area contributed by atoms with E-state index in [1.54, 1.807) is 30.3 Å². The molecular weight excluding hydrogens is 303 g/mol. The molecule has 0 spiro atoms. The lowest BCUT2D eigenvalue weighted by Gasteiger charge is -2.25. The lowest BCUT2D eigenvalue weighted by Crippen LogP contribution is -2.44. The molecule has 5 nitrogen and oxygen atoms in total. The van der Waals surface area contributed by atoms with Gasteiger partial charge in [-0.1, -0.05) is 30.3 Å². The maximum absolute atomic E-state index is 12.9. The number of carbonyl (C=O) groups excluding carboxylic acids is 1. The van der Waals surface area contributed by atoms with Gasteiger partial charge in [-0.2, -0.15) is 13.2 Å². The van der Waals surface area contributed by atoms with E-state index < -0.39 is 43.2 Å². The van der Waals surface area contributed by atoms with Gasteiger partial charge in [-0.3, -0.25) is 9.69 Å². The molecule has 0 aliphatic carbocycles. The zero-order valence-corrected chi connectivity index (χ0v) is 11.4. The van der Waals surface area contributed by atoms with Crippen LogP contribution < -0.4 is 0 Å². The van der Waals surface area contributed by atoms with Gasteiger partial charge >= 0.3 is 18.2 Å². The van der Waals surface area contributed by atoms with E-state index in [4.69, 9.17) is 9.84 Å². The molecule has 1 aliphatic heterocycles. The van der Waals surface area contributed by atoms with E-state index in [1.165, 1.54) is 0 Å². The first-order valence-corrected chi connectivity index (χ1v) is 6.56. The Balaban J connectivity index is 2.04. The van der Waals surface area contributed by atoms with Crippen molar-refractivity contribution >= 4 is 12.1 Å². The standard InChI is InChI=1S/C14H14F3NO4/c15-14(16,17)11-6-10(12(19)20)7-18(11)13(21)22-8-9-4-2-1-3-5-9/h1-5,10-11H,6-8H2,(H,19,20)/t10-,11+/m1/s1. The zero-order chi connectivity index (χ0) is 16.3. The quantitative estimate of drug-likeness (QED) is 0.931. The Kier molecular flexibility index (Phi) is 4.58. The molecule has 0 saturated carbocycles. The summed E-state index contributed by atoms with van der Waals surface area (Å²) in [7, 11) is 0. The molecule has 1 aromatic rings. The van der Waals surface area contributed by atoms with Crippen molar-refractivity contribution in [2.24, 2.45) is 5.92 Å². The fourth-order valence-corrected chi connectivity index (χ4v) is 2.33. The van der Waals surface area contributed by atoms with Crippen LogP contribution in [0.5, 0.6) is 0 Å². The number of halogens is 3. The number of carboxylic acids is 1. The van der Waals surface area contributed by atoms with Crippen LogP contribution in [-0.2, 0) is 16.1 Å². The minimum Gasteiger partial charge on any atom is -0.481 e. The number of rotatable bonds is 3. The Bertz CT molecular complexity index is 547. The average Bonchev–Trinajstić information content (AvgIpc) is 2.91. The van der Waals surface area contributed by atoms with Gasteiger partial charge in [0.1, 0.15) is 12.6 Å². The lowest BCUT2D eigenvalue weighted by atomic mass is 10.1. The zero-order valence-electron chi connectivity index (χ0n) is 11.4. The fraction of sp³-hybridized carbons (Fsp3) is 0.429. The summed E-state index contributed by atoms with van der Waals surface area (Å²) >= 11 is 0. The van der Waals surface area contributed by atoms with Crippen molar-refractivity contribution in [1.82, 2.24) is 4.90 Å². The minimum absolute atomic E-state index is 0.168. The van der Waals surface area contributed by atoms with Gasteiger partial charge in [-0.25, -0.2) is 4.79 Å². The van der Waals surface area contributed by atoms with E-state index >= 15 is 0 Å². The number of aliphatic carboxylic acids is 1. The number of hydrogen-bond donors (Lipinski definition) is 1. The number of alkyl halides is 3. The highest BCUT2D eigenvalue weighted by Gasteiger charge is 2.53. The summed E-state index contributed by atoms with van der Waals surface area (Å²) in [6, 6.07) is 6.37. The molecular formula is C14H14F3NO4. The first-order valence-electron chi connectivity index (χ1n) is 6.56. The van der Waals surface area contributed by atoms with Crippen LogP contribution in [0.15, 0.2) is 30.3 Å². The Morgan fingerprint density at radius 2 is 1.91 bits per heavy atom. The van der Waals surface area contributed by atoms with Crippen LogP contribution >= 0.6 is 0 Å². The van der Waals surface area contributed by atoms with Gasteiger partial charge in [0, 0.05) is 6.54 Å². The molecule has 0 aromatic heterocycles. The van der Waals surface area contributed by atoms with Crippen LogP contribution in [0.1, 0.15) is 12.0 Å². The second-order valence-electron chi connectivity index (χ2n) is 5.02. The molecule has 2 rings (SSSR count). The first kappa shape index (κ1) is 16.1. The molecule has 1 N–H and O–H groups in total. The van der Waals surface area contributed by atoms with Crippen LogP contribution in [0.3, 0.4) is 0 Å². The molecule has 2 atom stereocenters. The Morgan fingerprint density at radius 1 is 1.27 bits per heavy atom. The molecule has 0 unspecified atom stereocenters. The van der Waals surface area contributed by atoms with Gasteiger partial charge in [0.05, 0.1) is 5.92 Å². The number of hydrogen-bond acceptors (Lipinski definition) is 3. The second-order valence-corrected chi connectivity index (χ2v) is 5.02. The molecule has 8 heteroatoms. The molecule has 120 valence electrons. The summed E-state index contributed by atoms with van der Waals surface area (Å²) < 4.78 is 43.6. The summed E-state index contributed by atoms with van der Waals surface area (Å²) in [5.74, 6) is -2.59. The average molecular weight is 317 g/mol. The monoisotopic (exact) mass is 317 g/mol. The SMILES string of the molecule is O=C(O)[C@@H]1C[C@@H](C(F)(F)F)N(C(=O)OCc2ccccc2)C1. The van der Waals surface area contributed by atoms with Crippen LogP contribution in [0.2, 0.25) is 0 Å². The highest BCUT2D eigenvalue weighted by atomic mass is 19.4. The van der Waals surface area contributed by atoms with E-state index in [2.05, 4.69) is 0 Å². The van der Waals surface area contributed by atoms with E-state index in [9.17, 15) is 22.8 Å². The van der Waals surface area contributed by atoms with E-state index in [1.807, 2.05) is 0 Å². The number of likely N-dealkylation sites (tertiary alicyclic amines) is 1. The van der Waals surface area contributed by atoms with Gasteiger partial charge in [0.15, 0.2) is 0 Å². The molecule has 1 aromatic carbocycles. The molecule has 1 aliphatic rings. The number of carbonyl (C=O) groups is 2. The fourth-order valence-electron chi connectivity index (χ4n) is 2.33. The van der Waals surface area contributed by atoms with Crippen LogP contribution in [0.4, 0.5) is 18.0 Å². The van der Waals surface area contributed by atoms with Crippen molar-refractivity contribution in [2.45, 2.75) is 25.2 Å². The second kappa shape index (κ2) is 6.25. The van der Waals surface area contributed by atoms with Crippen molar-refractivity contribution in [2.75, 3.05) is 6.54 Å². The lowest BCUT2D eigenvalue weighted by molar-refractivity contribution is -0.172. The van der Waals surface area contributed by atoms with Crippen LogP contribution in [0, 0.1) is 5.92 Å². The molecule has 1 heterocycles. The molecule has 0 radical (unpaired) electrons. The smallest absolute Gasteiger partial charge is 0.410 e. The van der Waals surface area contributed by atoms with Gasteiger partial charge in [-0.15, -0.1) is 0 Å². The maximum Gasteiger partial charge on any atom is 0.410 e. The molecule has 0 bridgehead atoms. The third-order valence-corrected chi connectivity index (χ3v) is 3.47. The predicted molar refractivity (Wildman–Crippen MR) is 68.9 cm³/mol. The van der Waals surface area contributed by atoms with Crippen molar-refractivity contribution in [3.05, 3.63) is 35.9 Å². The number of amides is 1. The summed E-state index contributed by atoms with van der Waals surface area (Å²) in [4.78, 5) is 23.2. The highest BCUT2D eigenvalue weighted by molar-refractivity contribution is 5.74. The third-order valence-electron chi connectivity index (χ3n) is 3.47. The first-order chi connectivity index (χ1) is 10.3. The van der Waals surface area contributed by atoms with E-state index in [0.717, 1.165) is 0 Å². The van der Waals surface area contributed by atoms with Gasteiger partial charge < -0.3 is 9.84 Å².